The van der Waals surface area contributed by atoms with Crippen LogP contribution in [0.3, 0.4) is 0 Å². The third-order valence-electron chi connectivity index (χ3n) is 9.34. The summed E-state index contributed by atoms with van der Waals surface area (Å²) in [5.74, 6) is 0.571. The first kappa shape index (κ1) is 33.9. The highest BCUT2D eigenvalue weighted by atomic mass is 28.3. The molecule has 2 fully saturated rings. The highest BCUT2D eigenvalue weighted by Crippen LogP contribution is 2.34. The fourth-order valence-electron chi connectivity index (χ4n) is 6.07. The van der Waals surface area contributed by atoms with Gasteiger partial charge < -0.3 is 28.7 Å². The Balaban J connectivity index is 1.11. The van der Waals surface area contributed by atoms with Gasteiger partial charge >= 0.3 is 6.09 Å². The Morgan fingerprint density at radius 3 is 2.23 bits per heavy atom. The molecule has 0 spiro atoms. The third-order valence-corrected chi connectivity index (χ3v) is 11.0. The van der Waals surface area contributed by atoms with Gasteiger partial charge in [0, 0.05) is 40.9 Å². The molecule has 0 unspecified atom stereocenters. The standard InChI is InChI=1S/C37H49N5O5Si/c1-40(37(43)46-26-29-13-9-6-10-14-29)30-17-19-41(20-18-30)31-23-32-35(38-24-31)42(27-44-21-22-48(2,3)4)39-36(32)47-34-16-15-33(34)45-25-28-11-7-5-8-12-28/h5-14,23-24,30,33-34H,15-22,25-27H2,1-4H3/t33-,34-/m1/s1. The summed E-state index contributed by atoms with van der Waals surface area (Å²) >= 11 is 0. The number of anilines is 1. The van der Waals surface area contributed by atoms with Gasteiger partial charge in [0.25, 0.3) is 0 Å². The van der Waals surface area contributed by atoms with Crippen LogP contribution < -0.4 is 9.64 Å². The number of benzene rings is 2. The fraction of sp³-hybridized carbons (Fsp3) is 0.486. The normalized spacial score (nSPS) is 18.5. The van der Waals surface area contributed by atoms with Gasteiger partial charge in [0.1, 0.15) is 19.4 Å². The molecule has 6 rings (SSSR count). The van der Waals surface area contributed by atoms with Crippen LogP contribution in [0, 0.1) is 0 Å². The minimum atomic E-state index is -1.21. The average molecular weight is 672 g/mol. The van der Waals surface area contributed by atoms with E-state index in [4.69, 9.17) is 29.0 Å². The van der Waals surface area contributed by atoms with Gasteiger partial charge in [0.2, 0.25) is 5.88 Å². The monoisotopic (exact) mass is 671 g/mol. The first-order valence-corrected chi connectivity index (χ1v) is 20.9. The van der Waals surface area contributed by atoms with Crippen LogP contribution in [0.25, 0.3) is 11.0 Å². The second-order valence-electron chi connectivity index (χ2n) is 14.2. The van der Waals surface area contributed by atoms with Crippen molar-refractivity contribution in [3.63, 3.8) is 0 Å². The van der Waals surface area contributed by atoms with Crippen molar-refractivity contribution in [2.45, 2.75) is 89.6 Å². The summed E-state index contributed by atoms with van der Waals surface area (Å²) in [6.45, 7) is 10.5. The number of rotatable bonds is 14. The maximum absolute atomic E-state index is 12.8. The Labute approximate surface area is 284 Å². The molecule has 2 aromatic heterocycles. The van der Waals surface area contributed by atoms with Gasteiger partial charge in [-0.05, 0) is 48.9 Å². The predicted octanol–water partition coefficient (Wildman–Crippen LogP) is 7.11. The van der Waals surface area contributed by atoms with Crippen LogP contribution in [0.15, 0.2) is 72.9 Å². The van der Waals surface area contributed by atoms with Gasteiger partial charge in [-0.3, -0.25) is 0 Å². The van der Waals surface area contributed by atoms with Crippen molar-refractivity contribution in [3.05, 3.63) is 84.1 Å². The molecule has 10 nitrogen and oxygen atoms in total. The number of amides is 1. The first-order chi connectivity index (χ1) is 23.2. The maximum Gasteiger partial charge on any atom is 0.410 e. The molecule has 0 radical (unpaired) electrons. The zero-order chi connectivity index (χ0) is 33.5. The van der Waals surface area contributed by atoms with E-state index < -0.39 is 8.07 Å². The number of aromatic nitrogens is 3. The van der Waals surface area contributed by atoms with Crippen molar-refractivity contribution in [1.82, 2.24) is 19.7 Å². The second-order valence-corrected chi connectivity index (χ2v) is 19.8. The molecule has 1 amide bonds. The summed E-state index contributed by atoms with van der Waals surface area (Å²) in [5, 5.41) is 5.74. The van der Waals surface area contributed by atoms with Gasteiger partial charge in [-0.25, -0.2) is 14.5 Å². The van der Waals surface area contributed by atoms with E-state index in [1.807, 2.05) is 66.5 Å². The second kappa shape index (κ2) is 15.5. The highest BCUT2D eigenvalue weighted by Gasteiger charge is 2.35. The van der Waals surface area contributed by atoms with E-state index in [0.29, 0.717) is 25.8 Å². The van der Waals surface area contributed by atoms with E-state index >= 15 is 0 Å². The van der Waals surface area contributed by atoms with Gasteiger partial charge in [-0.2, -0.15) is 0 Å². The van der Waals surface area contributed by atoms with Crippen LogP contribution in [0.1, 0.15) is 36.8 Å². The van der Waals surface area contributed by atoms with E-state index in [1.54, 1.807) is 4.90 Å². The lowest BCUT2D eigenvalue weighted by Crippen LogP contribution is -2.45. The Hall–Kier alpha value is -3.93. The summed E-state index contributed by atoms with van der Waals surface area (Å²) in [6.07, 6.45) is 5.14. The number of piperidine rings is 1. The molecule has 2 aromatic carbocycles. The van der Waals surface area contributed by atoms with Crippen LogP contribution >= 0.6 is 0 Å². The molecule has 0 N–H and O–H groups in total. The summed E-state index contributed by atoms with van der Waals surface area (Å²) < 4.78 is 26.3. The minimum absolute atomic E-state index is 0.0185. The van der Waals surface area contributed by atoms with Crippen molar-refractivity contribution in [1.29, 1.82) is 0 Å². The number of pyridine rings is 1. The number of ether oxygens (including phenoxy) is 4. The molecule has 256 valence electrons. The molecule has 1 saturated carbocycles. The molecule has 11 heteroatoms. The molecule has 2 aliphatic rings. The van der Waals surface area contributed by atoms with Gasteiger partial charge in [0.15, 0.2) is 5.65 Å². The van der Waals surface area contributed by atoms with E-state index in [2.05, 4.69) is 42.7 Å². The van der Waals surface area contributed by atoms with Crippen LogP contribution in [-0.4, -0.2) is 78.8 Å². The Kier molecular flexibility index (Phi) is 11.0. The highest BCUT2D eigenvalue weighted by molar-refractivity contribution is 6.76. The average Bonchev–Trinajstić information content (AvgIpc) is 3.44. The molecule has 3 heterocycles. The van der Waals surface area contributed by atoms with Gasteiger partial charge in [-0.15, -0.1) is 5.10 Å². The number of hydrogen-bond acceptors (Lipinski definition) is 8. The smallest absolute Gasteiger partial charge is 0.410 e. The number of carbonyl (C=O) groups is 1. The fourth-order valence-corrected chi connectivity index (χ4v) is 6.82. The molecule has 1 aliphatic heterocycles. The Morgan fingerprint density at radius 2 is 1.58 bits per heavy atom. The molecule has 0 bridgehead atoms. The van der Waals surface area contributed by atoms with Crippen LogP contribution in [0.5, 0.6) is 5.88 Å². The van der Waals surface area contributed by atoms with E-state index in [1.165, 1.54) is 0 Å². The third kappa shape index (κ3) is 8.75. The summed E-state index contributed by atoms with van der Waals surface area (Å²) in [4.78, 5) is 21.7. The van der Waals surface area contributed by atoms with E-state index in [0.717, 1.165) is 72.7 Å². The van der Waals surface area contributed by atoms with Crippen molar-refractivity contribution in [2.75, 3.05) is 31.6 Å². The maximum atomic E-state index is 12.8. The van der Waals surface area contributed by atoms with E-state index in [9.17, 15) is 4.79 Å². The minimum Gasteiger partial charge on any atom is -0.470 e. The van der Waals surface area contributed by atoms with Crippen molar-refractivity contribution in [3.8, 4) is 5.88 Å². The predicted molar refractivity (Wildman–Crippen MR) is 190 cm³/mol. The molecule has 1 saturated heterocycles. The number of nitrogens with zero attached hydrogens (tertiary/aromatic N) is 5. The zero-order valence-electron chi connectivity index (χ0n) is 28.7. The molecular weight excluding hydrogens is 623 g/mol. The molecule has 1 aliphatic carbocycles. The molecule has 2 atom stereocenters. The topological polar surface area (TPSA) is 91.2 Å². The molecule has 4 aromatic rings. The quantitative estimate of drug-likeness (QED) is 0.104. The largest absolute Gasteiger partial charge is 0.470 e. The lowest BCUT2D eigenvalue weighted by molar-refractivity contribution is -0.0925. The van der Waals surface area contributed by atoms with Gasteiger partial charge in [-0.1, -0.05) is 80.3 Å². The van der Waals surface area contributed by atoms with Crippen LogP contribution in [0.4, 0.5) is 10.5 Å². The molecule has 48 heavy (non-hydrogen) atoms. The number of fused-ring (bicyclic) bond motifs is 1. The number of hydrogen-bond donors (Lipinski definition) is 0. The van der Waals surface area contributed by atoms with Gasteiger partial charge in [0.05, 0.1) is 30.0 Å². The lowest BCUT2D eigenvalue weighted by atomic mass is 9.91. The van der Waals surface area contributed by atoms with Crippen LogP contribution in [0.2, 0.25) is 25.7 Å². The van der Waals surface area contributed by atoms with Crippen molar-refractivity contribution >= 4 is 30.9 Å². The Bertz CT molecular complexity index is 1620. The lowest BCUT2D eigenvalue weighted by Gasteiger charge is -2.37. The zero-order valence-corrected chi connectivity index (χ0v) is 29.7. The SMILES string of the molecule is CN(C(=O)OCc1ccccc1)C1CCN(c2cnc3c(c2)c(O[C@@H]2CC[C@H]2OCc2ccccc2)nn3COCC[Si](C)(C)C)CC1. The summed E-state index contributed by atoms with van der Waals surface area (Å²) in [5.41, 5.74) is 3.90. The number of carbonyl (C=O) groups excluding carboxylic acids is 1. The van der Waals surface area contributed by atoms with Crippen molar-refractivity contribution < 1.29 is 23.7 Å². The molecular formula is C37H49N5O5Si. The first-order valence-electron chi connectivity index (χ1n) is 17.2. The summed E-state index contributed by atoms with van der Waals surface area (Å²) in [7, 11) is 0.626. The van der Waals surface area contributed by atoms with Crippen molar-refractivity contribution in [2.24, 2.45) is 0 Å². The van der Waals surface area contributed by atoms with E-state index in [-0.39, 0.29) is 30.9 Å². The van der Waals surface area contributed by atoms with Crippen LogP contribution in [-0.2, 0) is 34.2 Å². The Morgan fingerprint density at radius 1 is 0.917 bits per heavy atom. The summed E-state index contributed by atoms with van der Waals surface area (Å²) in [6, 6.07) is 23.4.